The minimum Gasteiger partial charge on any atom is -0.481 e. The molecule has 0 saturated carbocycles. The van der Waals surface area contributed by atoms with Crippen LogP contribution < -0.4 is 28.4 Å². The third-order valence-corrected chi connectivity index (χ3v) is 19.1. The van der Waals surface area contributed by atoms with Crippen LogP contribution >= 0.6 is 0 Å². The summed E-state index contributed by atoms with van der Waals surface area (Å²) in [6, 6.07) is 25.3. The number of hydrogen-bond acceptors (Lipinski definition) is 18. The number of ether oxygens (including phenoxy) is 12. The molecule has 0 saturated heterocycles. The fourth-order valence-corrected chi connectivity index (χ4v) is 13.6. The van der Waals surface area contributed by atoms with Crippen LogP contribution in [-0.2, 0) is 128 Å². The Morgan fingerprint density at radius 2 is 0.307 bits per heavy atom. The van der Waals surface area contributed by atoms with Crippen molar-refractivity contribution in [2.75, 3.05) is 39.6 Å². The first-order chi connectivity index (χ1) is 52.6. The van der Waals surface area contributed by atoms with Crippen molar-refractivity contribution in [2.24, 2.45) is 0 Å². The Hall–Kier alpha value is -9.06. The standard InChI is InChI=1S/C96H132O18/c1-55(2)109-79(97)49-103-85-61-31-63-39-74(92(16,17)18)41-65(86(63)104-50-80(98)110-56(3)4)33-67-43-76(94(22,23)24)45-69(88(67)106-52-82(100)112-58(7)8)35-71-47-78(96(28,29)30)48-72(90(71)108-54-84(102)114-60(11)12)36-70-46-77(95(25,26)27)44-68(89(70)107-53-83(101)113-59(9)10)34-66-42-75(93(19,20)21)40-64(87(66)105-51-81(99)111-57(5)6)32-62(85)38-73(37-61)91(13,14)15/h37-48,55-60H,31-36,49-54H2,1-30H3. The molecule has 1 aliphatic carbocycles. The molecule has 18 nitrogen and oxygen atoms in total. The minimum absolute atomic E-state index is 0.117. The van der Waals surface area contributed by atoms with E-state index in [1.807, 2.05) is 0 Å². The molecule has 1 aliphatic rings. The van der Waals surface area contributed by atoms with Crippen molar-refractivity contribution >= 4 is 35.8 Å². The van der Waals surface area contributed by atoms with Crippen molar-refractivity contribution in [3.8, 4) is 34.5 Å². The highest BCUT2D eigenvalue weighted by molar-refractivity contribution is 5.75. The molecule has 0 radical (unpaired) electrons. The molecule has 114 heavy (non-hydrogen) atoms. The molecule has 0 fully saturated rings. The van der Waals surface area contributed by atoms with Crippen molar-refractivity contribution < 1.29 is 85.6 Å². The molecular formula is C96H132O18. The number of carbonyl (C=O) groups excluding carboxylic acids is 6. The van der Waals surface area contributed by atoms with E-state index in [0.29, 0.717) is 101 Å². The van der Waals surface area contributed by atoms with Gasteiger partial charge in [-0.1, -0.05) is 197 Å². The smallest absolute Gasteiger partial charge is 0.344 e. The lowest BCUT2D eigenvalue weighted by molar-refractivity contribution is -0.150. The van der Waals surface area contributed by atoms with Crippen molar-refractivity contribution in [3.05, 3.63) is 173 Å². The van der Waals surface area contributed by atoms with E-state index in [0.717, 1.165) is 33.4 Å². The first kappa shape index (κ1) is 92.1. The van der Waals surface area contributed by atoms with Gasteiger partial charge < -0.3 is 56.8 Å². The fourth-order valence-electron chi connectivity index (χ4n) is 13.6. The summed E-state index contributed by atoms with van der Waals surface area (Å²) in [6.45, 7) is 57.1. The first-order valence-electron chi connectivity index (χ1n) is 40.5. The molecule has 0 N–H and O–H groups in total. The van der Waals surface area contributed by atoms with Crippen LogP contribution in [0, 0.1) is 0 Å². The van der Waals surface area contributed by atoms with Crippen LogP contribution in [0.2, 0.25) is 0 Å². The van der Waals surface area contributed by atoms with Gasteiger partial charge in [-0.3, -0.25) is 0 Å². The maximum absolute atomic E-state index is 14.1. The number of carbonyl (C=O) groups is 6. The lowest BCUT2D eigenvalue weighted by Crippen LogP contribution is -2.22. The topological polar surface area (TPSA) is 213 Å². The number of benzene rings is 6. The highest BCUT2D eigenvalue weighted by Gasteiger charge is 2.34. The third kappa shape index (κ3) is 26.5. The summed E-state index contributed by atoms with van der Waals surface area (Å²) in [7, 11) is 0. The summed E-state index contributed by atoms with van der Waals surface area (Å²) in [5.74, 6) is -1.24. The predicted octanol–water partition coefficient (Wildman–Crippen LogP) is 19.3. The zero-order valence-corrected chi connectivity index (χ0v) is 74.2. The highest BCUT2D eigenvalue weighted by Crippen LogP contribution is 2.47. The number of esters is 6. The van der Waals surface area contributed by atoms with Crippen LogP contribution in [0.25, 0.3) is 0 Å². The molecule has 0 heterocycles. The monoisotopic (exact) mass is 1570 g/mol. The van der Waals surface area contributed by atoms with Gasteiger partial charge in [-0.2, -0.15) is 0 Å². The van der Waals surface area contributed by atoms with Gasteiger partial charge in [0.2, 0.25) is 0 Å². The van der Waals surface area contributed by atoms with Gasteiger partial charge in [-0.25, -0.2) is 28.8 Å². The molecule has 6 aromatic carbocycles. The predicted molar refractivity (Wildman–Crippen MR) is 448 cm³/mol. The summed E-state index contributed by atoms with van der Waals surface area (Å²) >= 11 is 0. The van der Waals surface area contributed by atoms with Gasteiger partial charge in [-0.05, 0) is 216 Å². The molecule has 12 bridgehead atoms. The van der Waals surface area contributed by atoms with Crippen LogP contribution in [0.3, 0.4) is 0 Å². The summed E-state index contributed by atoms with van der Waals surface area (Å²) in [6.07, 6.45) is -2.06. The Balaban J connectivity index is 1.83. The Morgan fingerprint density at radius 1 is 0.211 bits per heavy atom. The maximum Gasteiger partial charge on any atom is 0.344 e. The number of hydrogen-bond donors (Lipinski definition) is 0. The van der Waals surface area contributed by atoms with E-state index in [-0.39, 0.29) is 38.5 Å². The third-order valence-electron chi connectivity index (χ3n) is 19.1. The van der Waals surface area contributed by atoms with E-state index in [1.165, 1.54) is 0 Å². The average Bonchev–Trinajstić information content (AvgIpc) is 0.765. The van der Waals surface area contributed by atoms with E-state index < -0.39 is 145 Å². The Kier molecular flexibility index (Phi) is 30.5. The molecule has 0 spiro atoms. The lowest BCUT2D eigenvalue weighted by Gasteiger charge is -2.29. The Labute approximate surface area is 680 Å². The largest absolute Gasteiger partial charge is 0.481 e. The second-order valence-electron chi connectivity index (χ2n) is 38.3. The summed E-state index contributed by atoms with van der Waals surface area (Å²) < 4.78 is 77.1. The molecule has 0 atom stereocenters. The maximum atomic E-state index is 14.1. The molecule has 624 valence electrons. The molecule has 0 amide bonds. The summed E-state index contributed by atoms with van der Waals surface area (Å²) in [5.41, 5.74) is 10.5. The van der Waals surface area contributed by atoms with E-state index >= 15 is 0 Å². The second kappa shape index (κ2) is 37.7. The Bertz CT molecular complexity index is 3560. The van der Waals surface area contributed by atoms with Gasteiger partial charge >= 0.3 is 35.8 Å². The number of rotatable bonds is 24. The fraction of sp³-hybridized carbons (Fsp3) is 0.562. The molecule has 0 aliphatic heterocycles. The van der Waals surface area contributed by atoms with Crippen LogP contribution in [0.5, 0.6) is 34.5 Å². The quantitative estimate of drug-likeness (QED) is 0.0406. The zero-order chi connectivity index (χ0) is 85.2. The first-order valence-corrected chi connectivity index (χ1v) is 40.5. The summed E-state index contributed by atoms with van der Waals surface area (Å²) in [4.78, 5) is 84.8. The second-order valence-corrected chi connectivity index (χ2v) is 38.3. The van der Waals surface area contributed by atoms with Crippen molar-refractivity contribution in [2.45, 2.75) is 315 Å². The van der Waals surface area contributed by atoms with E-state index in [2.05, 4.69) is 197 Å². The minimum atomic E-state index is -0.590. The van der Waals surface area contributed by atoms with E-state index in [4.69, 9.17) is 56.8 Å². The average molecular weight is 1570 g/mol. The van der Waals surface area contributed by atoms with Crippen LogP contribution in [0.1, 0.15) is 308 Å². The summed E-state index contributed by atoms with van der Waals surface area (Å²) in [5, 5.41) is 0. The highest BCUT2D eigenvalue weighted by atomic mass is 16.6. The molecule has 18 heteroatoms. The van der Waals surface area contributed by atoms with E-state index in [9.17, 15) is 28.8 Å². The van der Waals surface area contributed by atoms with Gasteiger partial charge in [0.1, 0.15) is 34.5 Å². The molecular weight excluding hydrogens is 1440 g/mol. The van der Waals surface area contributed by atoms with Gasteiger partial charge in [0, 0.05) is 38.5 Å². The molecule has 7 rings (SSSR count). The van der Waals surface area contributed by atoms with E-state index in [1.54, 1.807) is 83.1 Å². The van der Waals surface area contributed by atoms with Crippen molar-refractivity contribution in [1.82, 2.24) is 0 Å². The van der Waals surface area contributed by atoms with Crippen LogP contribution in [-0.4, -0.2) is 112 Å². The van der Waals surface area contributed by atoms with Crippen molar-refractivity contribution in [1.29, 1.82) is 0 Å². The van der Waals surface area contributed by atoms with Crippen LogP contribution in [0.15, 0.2) is 72.8 Å². The van der Waals surface area contributed by atoms with Crippen molar-refractivity contribution in [3.63, 3.8) is 0 Å². The molecule has 0 unspecified atom stereocenters. The normalized spacial score (nSPS) is 13.2. The molecule has 6 aromatic rings. The van der Waals surface area contributed by atoms with Gasteiger partial charge in [0.05, 0.1) is 36.6 Å². The van der Waals surface area contributed by atoms with Gasteiger partial charge in [0.15, 0.2) is 39.6 Å². The van der Waals surface area contributed by atoms with Crippen LogP contribution in [0.4, 0.5) is 0 Å². The number of fused-ring (bicyclic) bond motifs is 12. The zero-order valence-electron chi connectivity index (χ0n) is 74.2. The molecule has 0 aromatic heterocycles. The van der Waals surface area contributed by atoms with Gasteiger partial charge in [0.25, 0.3) is 0 Å². The Morgan fingerprint density at radius 3 is 0.386 bits per heavy atom. The lowest BCUT2D eigenvalue weighted by atomic mass is 9.79. The SMILES string of the molecule is CC(C)OC(=O)COc1c2cc(C(C)(C)C)cc1Cc1cc(C(C)(C)C)cc(c1OCC(=O)OC(C)C)Cc1cc(C(C)(C)C)cc(c1OCC(=O)OC(C)C)Cc1cc(C(C)(C)C)cc(c1OCC(=O)OC(C)C)Cc1cc(C(C)(C)C)cc(c1OCC(=O)OC(C)C)Cc1cc(C(C)(C)C)cc(c1OCC(=O)OC(C)C)C2. The van der Waals surface area contributed by atoms with Gasteiger partial charge in [-0.15, -0.1) is 0 Å².